The fraction of sp³-hybridized carbons (Fsp3) is 0.500. The van der Waals surface area contributed by atoms with Crippen molar-refractivity contribution in [3.8, 4) is 0 Å². The Hall–Kier alpha value is -0.750. The van der Waals surface area contributed by atoms with Gasteiger partial charge in [-0.25, -0.2) is 0 Å². The topological polar surface area (TPSA) is 29.3 Å². The second-order valence-corrected chi connectivity index (χ2v) is 5.46. The van der Waals surface area contributed by atoms with Gasteiger partial charge in [0.25, 0.3) is 0 Å². The van der Waals surface area contributed by atoms with E-state index in [0.717, 1.165) is 25.5 Å². The molecule has 0 spiro atoms. The monoisotopic (exact) mass is 322 g/mol. The molecule has 1 heterocycles. The summed E-state index contributed by atoms with van der Waals surface area (Å²) in [5.41, 5.74) is 5.79. The maximum Gasteiger partial charge on any atom is 0.416 e. The fourth-order valence-corrected chi connectivity index (χ4v) is 2.65. The average molecular weight is 323 g/mol. The first kappa shape index (κ1) is 13.7. The van der Waals surface area contributed by atoms with Crippen LogP contribution in [-0.4, -0.2) is 19.1 Å². The van der Waals surface area contributed by atoms with Gasteiger partial charge in [-0.15, -0.1) is 0 Å². The first-order valence-corrected chi connectivity index (χ1v) is 6.54. The van der Waals surface area contributed by atoms with Crippen LogP contribution in [0.15, 0.2) is 22.7 Å². The Kier molecular flexibility index (Phi) is 3.87. The number of piperidine rings is 1. The molecule has 0 saturated carbocycles. The number of nitrogens with two attached hydrogens (primary N) is 1. The third kappa shape index (κ3) is 3.17. The summed E-state index contributed by atoms with van der Waals surface area (Å²) in [5, 5.41) is 0. The molecule has 100 valence electrons. The Balaban J connectivity index is 2.30. The van der Waals surface area contributed by atoms with Crippen LogP contribution in [0.2, 0.25) is 0 Å². The molecule has 2 N–H and O–H groups in total. The van der Waals surface area contributed by atoms with Gasteiger partial charge in [0.2, 0.25) is 0 Å². The summed E-state index contributed by atoms with van der Waals surface area (Å²) in [4.78, 5) is 1.91. The maximum absolute atomic E-state index is 12.7. The Morgan fingerprint density at radius 3 is 2.61 bits per heavy atom. The predicted molar refractivity (Wildman–Crippen MR) is 68.6 cm³/mol. The first-order valence-electron chi connectivity index (χ1n) is 5.74. The van der Waals surface area contributed by atoms with Crippen LogP contribution >= 0.6 is 15.9 Å². The van der Waals surface area contributed by atoms with Crippen molar-refractivity contribution >= 4 is 21.6 Å². The minimum Gasteiger partial charge on any atom is -0.370 e. The highest BCUT2D eigenvalue weighted by atomic mass is 79.9. The van der Waals surface area contributed by atoms with E-state index in [4.69, 9.17) is 5.73 Å². The van der Waals surface area contributed by atoms with E-state index in [1.807, 2.05) is 4.90 Å². The van der Waals surface area contributed by atoms with Gasteiger partial charge in [-0.3, -0.25) is 0 Å². The zero-order valence-corrected chi connectivity index (χ0v) is 11.3. The van der Waals surface area contributed by atoms with Crippen molar-refractivity contribution in [1.82, 2.24) is 0 Å². The highest BCUT2D eigenvalue weighted by molar-refractivity contribution is 9.10. The summed E-state index contributed by atoms with van der Waals surface area (Å²) in [6.45, 7) is 1.36. The lowest BCUT2D eigenvalue weighted by Gasteiger charge is -2.33. The van der Waals surface area contributed by atoms with Crippen LogP contribution in [-0.2, 0) is 6.18 Å². The zero-order chi connectivity index (χ0) is 13.3. The number of benzene rings is 1. The Labute approximate surface area is 112 Å². The lowest BCUT2D eigenvalue weighted by Crippen LogP contribution is -2.42. The van der Waals surface area contributed by atoms with E-state index in [-0.39, 0.29) is 6.04 Å². The summed E-state index contributed by atoms with van der Waals surface area (Å²) < 4.78 is 38.6. The van der Waals surface area contributed by atoms with Gasteiger partial charge >= 0.3 is 6.18 Å². The van der Waals surface area contributed by atoms with Gasteiger partial charge in [0.05, 0.1) is 5.56 Å². The highest BCUT2D eigenvalue weighted by Crippen LogP contribution is 2.35. The third-order valence-corrected chi connectivity index (χ3v) is 3.49. The first-order chi connectivity index (χ1) is 8.36. The molecule has 6 heteroatoms. The van der Waals surface area contributed by atoms with Crippen LogP contribution in [0.4, 0.5) is 18.9 Å². The van der Waals surface area contributed by atoms with Gasteiger partial charge in [-0.2, -0.15) is 13.2 Å². The SMILES string of the molecule is NC1CCCN(c2cc(Br)cc(C(F)(F)F)c2)C1. The van der Waals surface area contributed by atoms with Gasteiger partial charge in [0, 0.05) is 29.3 Å². The molecule has 0 aromatic heterocycles. The van der Waals surface area contributed by atoms with Gasteiger partial charge in [-0.1, -0.05) is 15.9 Å². The molecule has 1 aromatic rings. The second kappa shape index (κ2) is 5.09. The van der Waals surface area contributed by atoms with Crippen molar-refractivity contribution in [1.29, 1.82) is 0 Å². The van der Waals surface area contributed by atoms with E-state index in [2.05, 4.69) is 15.9 Å². The van der Waals surface area contributed by atoms with E-state index in [1.165, 1.54) is 6.07 Å². The van der Waals surface area contributed by atoms with Crippen molar-refractivity contribution in [2.75, 3.05) is 18.0 Å². The lowest BCUT2D eigenvalue weighted by atomic mass is 10.1. The molecule has 1 saturated heterocycles. The Morgan fingerprint density at radius 1 is 1.28 bits per heavy atom. The number of halogens is 4. The predicted octanol–water partition coefficient (Wildman–Crippen LogP) is 3.40. The Morgan fingerprint density at radius 2 is 2.00 bits per heavy atom. The van der Waals surface area contributed by atoms with E-state index >= 15 is 0 Å². The van der Waals surface area contributed by atoms with Crippen LogP contribution in [0, 0.1) is 0 Å². The van der Waals surface area contributed by atoms with Gasteiger partial charge in [0.1, 0.15) is 0 Å². The number of hydrogen-bond donors (Lipinski definition) is 1. The van der Waals surface area contributed by atoms with Crippen molar-refractivity contribution in [2.45, 2.75) is 25.1 Å². The van der Waals surface area contributed by atoms with Gasteiger partial charge in [-0.05, 0) is 31.0 Å². The molecule has 18 heavy (non-hydrogen) atoms. The fourth-order valence-electron chi connectivity index (χ4n) is 2.16. The van der Waals surface area contributed by atoms with Crippen LogP contribution in [0.3, 0.4) is 0 Å². The highest BCUT2D eigenvalue weighted by Gasteiger charge is 2.31. The molecule has 1 unspecified atom stereocenters. The van der Waals surface area contributed by atoms with Crippen molar-refractivity contribution in [2.24, 2.45) is 5.73 Å². The molecule has 0 amide bonds. The van der Waals surface area contributed by atoms with Crippen molar-refractivity contribution < 1.29 is 13.2 Å². The third-order valence-electron chi connectivity index (χ3n) is 3.03. The molecule has 1 fully saturated rings. The Bertz CT molecular complexity index is 434. The summed E-state index contributed by atoms with van der Waals surface area (Å²) in [5.74, 6) is 0. The van der Waals surface area contributed by atoms with Gasteiger partial charge < -0.3 is 10.6 Å². The molecule has 0 radical (unpaired) electrons. The number of hydrogen-bond acceptors (Lipinski definition) is 2. The molecule has 1 aromatic carbocycles. The molecule has 1 aliphatic heterocycles. The van der Waals surface area contributed by atoms with Crippen LogP contribution in [0.5, 0.6) is 0 Å². The number of anilines is 1. The molecule has 2 nitrogen and oxygen atoms in total. The quantitative estimate of drug-likeness (QED) is 0.858. The molecule has 0 aliphatic carbocycles. The standard InChI is InChI=1S/C12H14BrF3N2/c13-9-4-8(12(14,15)16)5-11(6-9)18-3-1-2-10(17)7-18/h4-6,10H,1-3,7,17H2. The van der Waals surface area contributed by atoms with E-state index < -0.39 is 11.7 Å². The molecule has 1 atom stereocenters. The minimum absolute atomic E-state index is 0.0343. The minimum atomic E-state index is -4.32. The normalized spacial score (nSPS) is 21.2. The average Bonchev–Trinajstić information content (AvgIpc) is 2.27. The van der Waals surface area contributed by atoms with E-state index in [9.17, 15) is 13.2 Å². The molecule has 1 aliphatic rings. The summed E-state index contributed by atoms with van der Waals surface area (Å²) in [6.07, 6.45) is -2.48. The van der Waals surface area contributed by atoms with Crippen LogP contribution in [0.1, 0.15) is 18.4 Å². The van der Waals surface area contributed by atoms with Gasteiger partial charge in [0.15, 0.2) is 0 Å². The number of rotatable bonds is 1. The van der Waals surface area contributed by atoms with Crippen molar-refractivity contribution in [3.63, 3.8) is 0 Å². The molecular formula is C12H14BrF3N2. The van der Waals surface area contributed by atoms with Crippen LogP contribution in [0.25, 0.3) is 0 Å². The van der Waals surface area contributed by atoms with E-state index in [0.29, 0.717) is 16.7 Å². The zero-order valence-electron chi connectivity index (χ0n) is 9.67. The smallest absolute Gasteiger partial charge is 0.370 e. The summed E-state index contributed by atoms with van der Waals surface area (Å²) in [6, 6.07) is 4.01. The lowest BCUT2D eigenvalue weighted by molar-refractivity contribution is -0.137. The largest absolute Gasteiger partial charge is 0.416 e. The van der Waals surface area contributed by atoms with Crippen molar-refractivity contribution in [3.05, 3.63) is 28.2 Å². The maximum atomic E-state index is 12.7. The van der Waals surface area contributed by atoms with Crippen LogP contribution < -0.4 is 10.6 Å². The summed E-state index contributed by atoms with van der Waals surface area (Å²) >= 11 is 3.13. The number of nitrogens with zero attached hydrogens (tertiary/aromatic N) is 1. The summed E-state index contributed by atoms with van der Waals surface area (Å²) in [7, 11) is 0. The molecule has 0 bridgehead atoms. The molecular weight excluding hydrogens is 309 g/mol. The second-order valence-electron chi connectivity index (χ2n) is 4.54. The molecule has 2 rings (SSSR count). The number of alkyl halides is 3. The van der Waals surface area contributed by atoms with E-state index in [1.54, 1.807) is 6.07 Å².